The third kappa shape index (κ3) is 2.58. The molecule has 124 valence electrons. The van der Waals surface area contributed by atoms with Gasteiger partial charge in [-0.15, -0.1) is 0 Å². The predicted molar refractivity (Wildman–Crippen MR) is 81.1 cm³/mol. The molecule has 3 amide bonds. The van der Waals surface area contributed by atoms with Crippen molar-refractivity contribution in [1.29, 1.82) is 0 Å². The van der Waals surface area contributed by atoms with Gasteiger partial charge in [-0.1, -0.05) is 0 Å². The summed E-state index contributed by atoms with van der Waals surface area (Å²) in [6, 6.07) is 0.834. The molecule has 3 heterocycles. The van der Waals surface area contributed by atoms with Crippen molar-refractivity contribution >= 4 is 17.7 Å². The van der Waals surface area contributed by atoms with Crippen molar-refractivity contribution in [3.63, 3.8) is 0 Å². The Morgan fingerprint density at radius 2 is 1.96 bits per heavy atom. The number of amides is 3. The van der Waals surface area contributed by atoms with Crippen molar-refractivity contribution in [2.75, 3.05) is 14.1 Å². The van der Waals surface area contributed by atoms with Crippen LogP contribution in [0.3, 0.4) is 0 Å². The molecule has 0 saturated carbocycles. The number of nitrogens with one attached hydrogen (secondary N) is 1. The summed E-state index contributed by atoms with van der Waals surface area (Å²) >= 11 is 0. The number of hydrogen-bond acceptors (Lipinski definition) is 4. The van der Waals surface area contributed by atoms with Crippen molar-refractivity contribution in [1.82, 2.24) is 24.9 Å². The lowest BCUT2D eigenvalue weighted by Crippen LogP contribution is -2.48. The first-order valence-corrected chi connectivity index (χ1v) is 7.69. The van der Waals surface area contributed by atoms with Gasteiger partial charge in [0.15, 0.2) is 0 Å². The van der Waals surface area contributed by atoms with E-state index in [0.29, 0.717) is 12.8 Å². The number of aromatic nitrogens is 2. The Labute approximate surface area is 134 Å². The van der Waals surface area contributed by atoms with Gasteiger partial charge in [0.1, 0.15) is 6.04 Å². The number of hydrogen-bond donors (Lipinski definition) is 1. The molecule has 8 nitrogen and oxygen atoms in total. The molecule has 0 aromatic carbocycles. The third-order valence-electron chi connectivity index (χ3n) is 4.87. The molecule has 1 N–H and O–H groups in total. The first-order valence-electron chi connectivity index (χ1n) is 7.69. The number of likely N-dealkylation sites (N-methyl/N-ethyl adjacent to an activating group) is 2. The highest BCUT2D eigenvalue weighted by molar-refractivity contribution is 5.91. The Balaban J connectivity index is 1.78. The molecule has 2 aliphatic heterocycles. The van der Waals surface area contributed by atoms with Crippen LogP contribution in [0.4, 0.5) is 0 Å². The Morgan fingerprint density at radius 1 is 1.22 bits per heavy atom. The molecular formula is C15H21N5O3. The third-order valence-corrected chi connectivity index (χ3v) is 4.87. The first-order chi connectivity index (χ1) is 10.9. The lowest BCUT2D eigenvalue weighted by Gasteiger charge is -2.27. The van der Waals surface area contributed by atoms with Gasteiger partial charge in [0.25, 0.3) is 0 Å². The fourth-order valence-electron chi connectivity index (χ4n) is 3.47. The molecule has 0 radical (unpaired) electrons. The van der Waals surface area contributed by atoms with Crippen LogP contribution in [0, 0.1) is 0 Å². The van der Waals surface area contributed by atoms with Crippen LogP contribution < -0.4 is 5.32 Å². The van der Waals surface area contributed by atoms with E-state index in [4.69, 9.17) is 0 Å². The molecular weight excluding hydrogens is 298 g/mol. The van der Waals surface area contributed by atoms with Crippen LogP contribution >= 0.6 is 0 Å². The second-order valence-corrected chi connectivity index (χ2v) is 6.21. The van der Waals surface area contributed by atoms with Crippen molar-refractivity contribution in [3.8, 4) is 0 Å². The van der Waals surface area contributed by atoms with Crippen molar-refractivity contribution < 1.29 is 14.4 Å². The molecule has 23 heavy (non-hydrogen) atoms. The average molecular weight is 319 g/mol. The SMILES string of the molecule is CN1C(=O)CC[C@@H]1C(=O)N[C@@H]1CC(=O)N(C)[C@H]1c1ccnn1C. The number of rotatable bonds is 3. The second-order valence-electron chi connectivity index (χ2n) is 6.21. The normalized spacial score (nSPS) is 27.9. The van der Waals surface area contributed by atoms with Crippen LogP contribution in [0.5, 0.6) is 0 Å². The summed E-state index contributed by atoms with van der Waals surface area (Å²) in [7, 11) is 5.19. The van der Waals surface area contributed by atoms with Gasteiger partial charge in [-0.2, -0.15) is 5.10 Å². The van der Waals surface area contributed by atoms with E-state index in [1.165, 1.54) is 4.90 Å². The molecule has 8 heteroatoms. The Morgan fingerprint density at radius 3 is 2.52 bits per heavy atom. The Hall–Kier alpha value is -2.38. The average Bonchev–Trinajstić information content (AvgIpc) is 3.13. The fourth-order valence-corrected chi connectivity index (χ4v) is 3.47. The highest BCUT2D eigenvalue weighted by Crippen LogP contribution is 2.32. The molecule has 2 fully saturated rings. The maximum atomic E-state index is 12.5. The molecule has 3 rings (SSSR count). The molecule has 0 aliphatic carbocycles. The largest absolute Gasteiger partial charge is 0.349 e. The van der Waals surface area contributed by atoms with Gasteiger partial charge in [0, 0.05) is 40.2 Å². The number of carbonyl (C=O) groups excluding carboxylic acids is 3. The zero-order valence-corrected chi connectivity index (χ0v) is 13.5. The van der Waals surface area contributed by atoms with Crippen LogP contribution in [0.25, 0.3) is 0 Å². The van der Waals surface area contributed by atoms with E-state index >= 15 is 0 Å². The van der Waals surface area contributed by atoms with Crippen LogP contribution in [0.1, 0.15) is 31.0 Å². The smallest absolute Gasteiger partial charge is 0.243 e. The standard InChI is InChI=1S/C15H21N5O3/c1-18-11(4-5-12(18)21)15(23)17-9-8-13(22)19(2)14(9)10-6-7-16-20(10)3/h6-7,9,11,14H,4-5,8H2,1-3H3,(H,17,23)/t9-,11-,14-/m1/s1. The number of carbonyl (C=O) groups is 3. The van der Waals surface area contributed by atoms with Crippen molar-refractivity contribution in [2.24, 2.45) is 7.05 Å². The minimum atomic E-state index is -0.448. The molecule has 0 bridgehead atoms. The number of aryl methyl sites for hydroxylation is 1. The molecule has 2 saturated heterocycles. The molecule has 1 aromatic heterocycles. The lowest BCUT2D eigenvalue weighted by atomic mass is 10.0. The number of nitrogens with zero attached hydrogens (tertiary/aromatic N) is 4. The van der Waals surface area contributed by atoms with Gasteiger partial charge in [-0.3, -0.25) is 19.1 Å². The molecule has 2 aliphatic rings. The van der Waals surface area contributed by atoms with E-state index in [-0.39, 0.29) is 36.2 Å². The first kappa shape index (κ1) is 15.5. The van der Waals surface area contributed by atoms with E-state index in [9.17, 15) is 14.4 Å². The van der Waals surface area contributed by atoms with E-state index < -0.39 is 6.04 Å². The summed E-state index contributed by atoms with van der Waals surface area (Å²) in [5.74, 6) is -0.232. The van der Waals surface area contributed by atoms with Gasteiger partial charge in [0.2, 0.25) is 17.7 Å². The highest BCUT2D eigenvalue weighted by atomic mass is 16.2. The van der Waals surface area contributed by atoms with E-state index in [1.807, 2.05) is 13.1 Å². The summed E-state index contributed by atoms with van der Waals surface area (Å²) in [6.45, 7) is 0. The topological polar surface area (TPSA) is 87.5 Å². The molecule has 3 atom stereocenters. The van der Waals surface area contributed by atoms with Crippen LogP contribution in [0.2, 0.25) is 0 Å². The molecule has 1 aromatic rings. The van der Waals surface area contributed by atoms with E-state index in [0.717, 1.165) is 5.69 Å². The maximum absolute atomic E-state index is 12.5. The second kappa shape index (κ2) is 5.68. The minimum Gasteiger partial charge on any atom is -0.349 e. The summed E-state index contributed by atoms with van der Waals surface area (Å²) in [4.78, 5) is 39.3. The van der Waals surface area contributed by atoms with Gasteiger partial charge in [-0.05, 0) is 12.5 Å². The van der Waals surface area contributed by atoms with Gasteiger partial charge < -0.3 is 15.1 Å². The number of likely N-dealkylation sites (tertiary alicyclic amines) is 2. The van der Waals surface area contributed by atoms with Crippen LogP contribution in [-0.2, 0) is 21.4 Å². The summed E-state index contributed by atoms with van der Waals surface area (Å²) in [6.07, 6.45) is 2.84. The minimum absolute atomic E-state index is 0.0163. The maximum Gasteiger partial charge on any atom is 0.243 e. The van der Waals surface area contributed by atoms with E-state index in [2.05, 4.69) is 10.4 Å². The van der Waals surface area contributed by atoms with Gasteiger partial charge in [-0.25, -0.2) is 0 Å². The zero-order chi connectivity index (χ0) is 16.7. The monoisotopic (exact) mass is 319 g/mol. The molecule has 0 spiro atoms. The van der Waals surface area contributed by atoms with Gasteiger partial charge in [0.05, 0.1) is 17.8 Å². The summed E-state index contributed by atoms with van der Waals surface area (Å²) < 4.78 is 1.71. The van der Waals surface area contributed by atoms with Crippen molar-refractivity contribution in [2.45, 2.75) is 37.4 Å². The van der Waals surface area contributed by atoms with Crippen LogP contribution in [0.15, 0.2) is 12.3 Å². The van der Waals surface area contributed by atoms with Crippen molar-refractivity contribution in [3.05, 3.63) is 18.0 Å². The quantitative estimate of drug-likeness (QED) is 0.808. The fraction of sp³-hybridized carbons (Fsp3) is 0.600. The van der Waals surface area contributed by atoms with Crippen LogP contribution in [-0.4, -0.2) is 63.5 Å². The summed E-state index contributed by atoms with van der Waals surface area (Å²) in [5.41, 5.74) is 0.875. The lowest BCUT2D eigenvalue weighted by molar-refractivity contribution is -0.134. The Bertz CT molecular complexity index is 655. The zero-order valence-electron chi connectivity index (χ0n) is 13.5. The summed E-state index contributed by atoms with van der Waals surface area (Å²) in [5, 5.41) is 7.11. The van der Waals surface area contributed by atoms with Gasteiger partial charge >= 0.3 is 0 Å². The highest BCUT2D eigenvalue weighted by Gasteiger charge is 2.42. The molecule has 0 unspecified atom stereocenters. The van der Waals surface area contributed by atoms with E-state index in [1.54, 1.807) is 29.9 Å². The Kier molecular flexibility index (Phi) is 3.83. The predicted octanol–water partition coefficient (Wildman–Crippen LogP) is -0.571.